The highest BCUT2D eigenvalue weighted by Gasteiger charge is 2.08. The number of nitrogens with two attached hydrogens (primary N) is 2. The Kier molecular flexibility index (Phi) is 5.04. The molecular weight excluding hydrogens is 203 g/mol. The molecule has 0 saturated carbocycles. The summed E-state index contributed by atoms with van der Waals surface area (Å²) in [4.78, 5) is 0.976. The molecule has 0 aliphatic heterocycles. The van der Waals surface area contributed by atoms with Gasteiger partial charge in [0.1, 0.15) is 0 Å². The normalized spacial score (nSPS) is 12.3. The first kappa shape index (κ1) is 11.2. The molecule has 2 nitrogen and oxygen atoms in total. The van der Waals surface area contributed by atoms with Crippen molar-refractivity contribution >= 4 is 35.3 Å². The lowest BCUT2D eigenvalue weighted by molar-refractivity contribution is 0.752. The molecule has 5 heteroatoms. The molecule has 0 aliphatic rings. The molecule has 0 fully saturated rings. The van der Waals surface area contributed by atoms with Crippen LogP contribution < -0.4 is 11.5 Å². The van der Waals surface area contributed by atoms with Crippen molar-refractivity contribution in [2.45, 2.75) is 6.04 Å². The van der Waals surface area contributed by atoms with Gasteiger partial charge < -0.3 is 11.5 Å². The third-order valence-corrected chi connectivity index (χ3v) is 2.73. The zero-order chi connectivity index (χ0) is 7.56. The molecule has 1 rings (SSSR count). The third-order valence-electron chi connectivity index (χ3n) is 1.24. The first-order valence-corrected chi connectivity index (χ1v) is 4.20. The van der Waals surface area contributed by atoms with E-state index in [0.29, 0.717) is 6.54 Å². The van der Waals surface area contributed by atoms with Gasteiger partial charge in [0.05, 0.1) is 11.1 Å². The van der Waals surface area contributed by atoms with E-state index in [1.165, 1.54) is 0 Å². The maximum Gasteiger partial charge on any atom is 0.0561 e. The van der Waals surface area contributed by atoms with Crippen LogP contribution in [0.3, 0.4) is 0 Å². The fraction of sp³-hybridized carbons (Fsp3) is 0.333. The lowest BCUT2D eigenvalue weighted by atomic mass is 10.2. The van der Waals surface area contributed by atoms with Crippen molar-refractivity contribution in [1.82, 2.24) is 0 Å². The Morgan fingerprint density at radius 1 is 1.64 bits per heavy atom. The lowest BCUT2D eigenvalue weighted by Crippen LogP contribution is -2.19. The van der Waals surface area contributed by atoms with Gasteiger partial charge in [-0.15, -0.1) is 23.7 Å². The molecule has 0 aromatic carbocycles. The maximum atomic E-state index is 5.79. The van der Waals surface area contributed by atoms with E-state index in [0.717, 1.165) is 9.90 Å². The van der Waals surface area contributed by atoms with Gasteiger partial charge in [-0.2, -0.15) is 0 Å². The van der Waals surface area contributed by atoms with Gasteiger partial charge in [0.2, 0.25) is 0 Å². The monoisotopic (exact) mass is 212 g/mol. The summed E-state index contributed by atoms with van der Waals surface area (Å²) < 4.78 is 0. The van der Waals surface area contributed by atoms with Gasteiger partial charge >= 0.3 is 0 Å². The van der Waals surface area contributed by atoms with Crippen molar-refractivity contribution < 1.29 is 0 Å². The summed E-state index contributed by atoms with van der Waals surface area (Å²) in [6.45, 7) is 0.445. The van der Waals surface area contributed by atoms with Crippen molar-refractivity contribution in [3.8, 4) is 0 Å². The van der Waals surface area contributed by atoms with Crippen LogP contribution in [0.25, 0.3) is 0 Å². The van der Waals surface area contributed by atoms with Crippen molar-refractivity contribution in [1.29, 1.82) is 0 Å². The number of hydrogen-bond donors (Lipinski definition) is 2. The molecule has 0 amide bonds. The zero-order valence-electron chi connectivity index (χ0n) is 5.79. The highest BCUT2D eigenvalue weighted by atomic mass is 35.5. The number of hydrogen-bond acceptors (Lipinski definition) is 3. The van der Waals surface area contributed by atoms with Crippen LogP contribution in [0.5, 0.6) is 0 Å². The first-order valence-electron chi connectivity index (χ1n) is 2.94. The first-order chi connectivity index (χ1) is 4.75. The van der Waals surface area contributed by atoms with Gasteiger partial charge in [-0.1, -0.05) is 11.6 Å². The largest absolute Gasteiger partial charge is 0.329 e. The van der Waals surface area contributed by atoms with Crippen LogP contribution in [0, 0.1) is 0 Å². The van der Waals surface area contributed by atoms with E-state index in [1.807, 2.05) is 11.4 Å². The van der Waals surface area contributed by atoms with Crippen LogP contribution >= 0.6 is 35.3 Å². The Bertz CT molecular complexity index is 214. The van der Waals surface area contributed by atoms with Crippen molar-refractivity contribution in [2.24, 2.45) is 11.5 Å². The van der Waals surface area contributed by atoms with Crippen molar-refractivity contribution in [3.63, 3.8) is 0 Å². The second-order valence-corrected chi connectivity index (χ2v) is 3.33. The minimum Gasteiger partial charge on any atom is -0.329 e. The second kappa shape index (κ2) is 4.95. The Morgan fingerprint density at radius 2 is 2.27 bits per heavy atom. The quantitative estimate of drug-likeness (QED) is 0.786. The molecule has 0 radical (unpaired) electrons. The molecule has 1 heterocycles. The molecular formula is C6H10Cl2N2S. The summed E-state index contributed by atoms with van der Waals surface area (Å²) >= 11 is 7.33. The highest BCUT2D eigenvalue weighted by molar-refractivity contribution is 7.10. The second-order valence-electron chi connectivity index (χ2n) is 1.97. The van der Waals surface area contributed by atoms with Gasteiger partial charge in [-0.05, 0) is 11.4 Å². The van der Waals surface area contributed by atoms with Crippen molar-refractivity contribution in [2.75, 3.05) is 6.54 Å². The Balaban J connectivity index is 0.000001000. The maximum absolute atomic E-state index is 5.79. The van der Waals surface area contributed by atoms with Gasteiger partial charge in [-0.3, -0.25) is 0 Å². The summed E-state index contributed by atoms with van der Waals surface area (Å²) in [5.74, 6) is 0. The van der Waals surface area contributed by atoms with E-state index < -0.39 is 0 Å². The molecule has 0 spiro atoms. The van der Waals surface area contributed by atoms with Gasteiger partial charge in [0, 0.05) is 11.4 Å². The summed E-state index contributed by atoms with van der Waals surface area (Å²) in [7, 11) is 0. The minimum atomic E-state index is -0.104. The van der Waals surface area contributed by atoms with E-state index in [1.54, 1.807) is 11.3 Å². The predicted octanol–water partition coefficient (Wildman–Crippen LogP) is 1.78. The fourth-order valence-corrected chi connectivity index (χ4v) is 1.89. The van der Waals surface area contributed by atoms with Crippen LogP contribution in [-0.2, 0) is 0 Å². The molecule has 1 atom stereocenters. The average molecular weight is 213 g/mol. The molecule has 0 aliphatic carbocycles. The number of rotatable bonds is 2. The topological polar surface area (TPSA) is 52.0 Å². The summed E-state index contributed by atoms with van der Waals surface area (Å²) in [5, 5.41) is 2.63. The summed E-state index contributed by atoms with van der Waals surface area (Å²) in [6, 6.07) is 1.73. The van der Waals surface area contributed by atoms with Crippen molar-refractivity contribution in [3.05, 3.63) is 21.3 Å². The van der Waals surface area contributed by atoms with E-state index >= 15 is 0 Å². The number of thiophene rings is 1. The molecule has 11 heavy (non-hydrogen) atoms. The molecule has 0 bridgehead atoms. The smallest absolute Gasteiger partial charge is 0.0561 e. The average Bonchev–Trinajstić information content (AvgIpc) is 2.34. The molecule has 1 aromatic rings. The highest BCUT2D eigenvalue weighted by Crippen LogP contribution is 2.26. The van der Waals surface area contributed by atoms with Crippen LogP contribution in [0.15, 0.2) is 11.4 Å². The molecule has 4 N–H and O–H groups in total. The minimum absolute atomic E-state index is 0. The zero-order valence-corrected chi connectivity index (χ0v) is 8.18. The van der Waals surface area contributed by atoms with E-state index in [9.17, 15) is 0 Å². The van der Waals surface area contributed by atoms with Crippen LogP contribution in [0.4, 0.5) is 0 Å². The lowest BCUT2D eigenvalue weighted by Gasteiger charge is -2.04. The molecule has 0 unspecified atom stereocenters. The van der Waals surface area contributed by atoms with E-state index in [2.05, 4.69) is 0 Å². The van der Waals surface area contributed by atoms with Gasteiger partial charge in [0.25, 0.3) is 0 Å². The fourth-order valence-electron chi connectivity index (χ4n) is 0.677. The van der Waals surface area contributed by atoms with E-state index in [4.69, 9.17) is 23.1 Å². The van der Waals surface area contributed by atoms with E-state index in [-0.39, 0.29) is 18.4 Å². The summed E-state index contributed by atoms with van der Waals surface area (Å²) in [5.41, 5.74) is 11.0. The van der Waals surface area contributed by atoms with Gasteiger partial charge in [-0.25, -0.2) is 0 Å². The van der Waals surface area contributed by atoms with Gasteiger partial charge in [0.15, 0.2) is 0 Å². The van der Waals surface area contributed by atoms with Crippen LogP contribution in [0.1, 0.15) is 10.9 Å². The Hall–Kier alpha value is 0.200. The third kappa shape index (κ3) is 2.61. The standard InChI is InChI=1S/C6H9ClN2S.ClH/c7-4-1-2-10-6(4)5(9)3-8;/h1-2,5H,3,8-9H2;1H/t5-;/m0./s1. The van der Waals surface area contributed by atoms with Crippen LogP contribution in [-0.4, -0.2) is 6.54 Å². The Morgan fingerprint density at radius 3 is 2.64 bits per heavy atom. The molecule has 1 aromatic heterocycles. The molecule has 64 valence electrons. The Labute approximate surface area is 80.9 Å². The SMILES string of the molecule is Cl.NC[C@H](N)c1sccc1Cl. The number of halogens is 2. The summed E-state index contributed by atoms with van der Waals surface area (Å²) in [6.07, 6.45) is 0. The van der Waals surface area contributed by atoms with Crippen LogP contribution in [0.2, 0.25) is 5.02 Å². The molecule has 0 saturated heterocycles. The predicted molar refractivity (Wildman–Crippen MR) is 52.6 cm³/mol.